The zero-order chi connectivity index (χ0) is 43.9. The van der Waals surface area contributed by atoms with E-state index in [1.54, 1.807) is 0 Å². The lowest BCUT2D eigenvalue weighted by molar-refractivity contribution is 0.660. The van der Waals surface area contributed by atoms with Gasteiger partial charge in [0, 0.05) is 49.5 Å². The summed E-state index contributed by atoms with van der Waals surface area (Å²) >= 11 is 0. The van der Waals surface area contributed by atoms with Gasteiger partial charge in [-0.15, -0.1) is 0 Å². The first-order valence-corrected chi connectivity index (χ1v) is 22.8. The quantitative estimate of drug-likeness (QED) is 0.159. The molecular weight excluding hydrogens is 801 g/mol. The second-order valence-electron chi connectivity index (χ2n) is 18.0. The van der Waals surface area contributed by atoms with Crippen molar-refractivity contribution in [1.29, 1.82) is 0 Å². The van der Waals surface area contributed by atoms with Gasteiger partial charge in [-0.05, 0) is 99.1 Å². The van der Waals surface area contributed by atoms with Gasteiger partial charge in [0.25, 0.3) is 0 Å². The molecule has 10 aromatic carbocycles. The fourth-order valence-corrected chi connectivity index (χ4v) is 11.0. The number of hydrogen-bond donors (Lipinski definition) is 0. The lowest BCUT2D eigenvalue weighted by Crippen LogP contribution is -2.15. The Labute approximate surface area is 384 Å². The van der Waals surface area contributed by atoms with Crippen LogP contribution in [0.3, 0.4) is 0 Å². The molecule has 312 valence electrons. The lowest BCUT2D eigenvalue weighted by Gasteiger charge is -2.27. The Morgan fingerprint density at radius 1 is 0.379 bits per heavy atom. The number of benzene rings is 10. The van der Waals surface area contributed by atoms with Gasteiger partial charge in [0.15, 0.2) is 0 Å². The molecule has 12 aromatic rings. The van der Waals surface area contributed by atoms with Crippen molar-refractivity contribution in [3.63, 3.8) is 0 Å². The standard InChI is InChI=1S/C63H44N2O/c1-63(2)52-25-12-9-21-49(52)60-53(63)40-39-48(43-19-7-4-8-20-43)62(60)65-54-26-13-10-22-50(54)61-55(27-16-28-56(61)65)64(45-35-31-42(32-36-45)41-17-5-3-6-18-41)46-37-33-44(34-38-46)47-24-15-30-58-59(47)51-23-11-14-29-57(51)66-58/h3-40H,1-2H3. The molecule has 66 heavy (non-hydrogen) atoms. The summed E-state index contributed by atoms with van der Waals surface area (Å²) in [6.45, 7) is 4.75. The number of para-hydroxylation sites is 2. The van der Waals surface area contributed by atoms with E-state index in [1.165, 1.54) is 66.5 Å². The molecule has 0 radical (unpaired) electrons. The molecule has 1 aliphatic rings. The van der Waals surface area contributed by atoms with Crippen molar-refractivity contribution in [3.8, 4) is 50.2 Å². The van der Waals surface area contributed by atoms with Crippen molar-refractivity contribution in [2.75, 3.05) is 4.90 Å². The van der Waals surface area contributed by atoms with Gasteiger partial charge in [0.05, 0.1) is 22.4 Å². The minimum absolute atomic E-state index is 0.162. The molecule has 2 heterocycles. The summed E-state index contributed by atoms with van der Waals surface area (Å²) < 4.78 is 8.88. The minimum Gasteiger partial charge on any atom is -0.456 e. The minimum atomic E-state index is -0.162. The fourth-order valence-electron chi connectivity index (χ4n) is 11.0. The van der Waals surface area contributed by atoms with Gasteiger partial charge in [-0.3, -0.25) is 0 Å². The second-order valence-corrected chi connectivity index (χ2v) is 18.0. The summed E-state index contributed by atoms with van der Waals surface area (Å²) in [5.74, 6) is 0. The Bertz CT molecular complexity index is 3820. The van der Waals surface area contributed by atoms with Crippen molar-refractivity contribution < 1.29 is 4.42 Å². The van der Waals surface area contributed by atoms with E-state index in [2.05, 4.69) is 242 Å². The predicted molar refractivity (Wildman–Crippen MR) is 277 cm³/mol. The highest BCUT2D eigenvalue weighted by atomic mass is 16.3. The first kappa shape index (κ1) is 38.1. The van der Waals surface area contributed by atoms with Crippen molar-refractivity contribution in [2.24, 2.45) is 0 Å². The normalized spacial score (nSPS) is 12.8. The number of anilines is 3. The zero-order valence-electron chi connectivity index (χ0n) is 36.7. The first-order chi connectivity index (χ1) is 32.5. The summed E-state index contributed by atoms with van der Waals surface area (Å²) in [4.78, 5) is 2.44. The van der Waals surface area contributed by atoms with E-state index in [4.69, 9.17) is 4.42 Å². The number of rotatable bonds is 7. The van der Waals surface area contributed by atoms with Crippen LogP contribution in [0.2, 0.25) is 0 Å². The average Bonchev–Trinajstić information content (AvgIpc) is 4.00. The van der Waals surface area contributed by atoms with Gasteiger partial charge in [-0.1, -0.05) is 190 Å². The molecule has 0 unspecified atom stereocenters. The van der Waals surface area contributed by atoms with Crippen LogP contribution in [0.15, 0.2) is 235 Å². The number of furan rings is 1. The van der Waals surface area contributed by atoms with Crippen LogP contribution in [-0.4, -0.2) is 4.57 Å². The highest BCUT2D eigenvalue weighted by molar-refractivity contribution is 6.18. The zero-order valence-corrected chi connectivity index (χ0v) is 36.7. The number of nitrogens with zero attached hydrogens (tertiary/aromatic N) is 2. The van der Waals surface area contributed by atoms with Crippen molar-refractivity contribution in [3.05, 3.63) is 242 Å². The van der Waals surface area contributed by atoms with Crippen LogP contribution in [0.5, 0.6) is 0 Å². The van der Waals surface area contributed by atoms with E-state index in [9.17, 15) is 0 Å². The summed E-state index contributed by atoms with van der Waals surface area (Å²) in [6.07, 6.45) is 0. The third-order valence-corrected chi connectivity index (χ3v) is 14.0. The first-order valence-electron chi connectivity index (χ1n) is 22.8. The Morgan fingerprint density at radius 3 is 1.71 bits per heavy atom. The average molecular weight is 845 g/mol. The van der Waals surface area contributed by atoms with E-state index in [1.807, 2.05) is 12.1 Å². The molecule has 0 spiro atoms. The Hall–Kier alpha value is -8.40. The SMILES string of the molecule is CC1(C)c2ccccc2-c2c1ccc(-c1ccccc1)c2-n1c2ccccc2c2c(N(c3ccc(-c4ccccc4)cc3)c3ccc(-c4cccc5oc6ccccc6c45)cc3)cccc21. The fraction of sp³-hybridized carbons (Fsp3) is 0.0476. The second kappa shape index (κ2) is 14.8. The number of fused-ring (bicyclic) bond motifs is 9. The summed E-state index contributed by atoms with van der Waals surface area (Å²) in [5.41, 5.74) is 20.8. The maximum atomic E-state index is 6.32. The molecule has 13 rings (SSSR count). The summed E-state index contributed by atoms with van der Waals surface area (Å²) in [6, 6.07) is 83.9. The van der Waals surface area contributed by atoms with Crippen LogP contribution in [0.4, 0.5) is 17.1 Å². The molecule has 0 N–H and O–H groups in total. The summed E-state index contributed by atoms with van der Waals surface area (Å²) in [7, 11) is 0. The third-order valence-electron chi connectivity index (χ3n) is 14.0. The van der Waals surface area contributed by atoms with E-state index < -0.39 is 0 Å². The Kier molecular flexibility index (Phi) is 8.56. The van der Waals surface area contributed by atoms with Crippen LogP contribution in [0, 0.1) is 0 Å². The monoisotopic (exact) mass is 844 g/mol. The van der Waals surface area contributed by atoms with Gasteiger partial charge >= 0.3 is 0 Å². The smallest absolute Gasteiger partial charge is 0.136 e. The Balaban J connectivity index is 1.06. The molecule has 0 atom stereocenters. The largest absolute Gasteiger partial charge is 0.456 e. The molecule has 0 amide bonds. The van der Waals surface area contributed by atoms with Gasteiger partial charge in [-0.2, -0.15) is 0 Å². The van der Waals surface area contributed by atoms with Crippen molar-refractivity contribution in [1.82, 2.24) is 4.57 Å². The van der Waals surface area contributed by atoms with Gasteiger partial charge in [-0.25, -0.2) is 0 Å². The Morgan fingerprint density at radius 2 is 0.939 bits per heavy atom. The molecule has 1 aliphatic carbocycles. The number of hydrogen-bond acceptors (Lipinski definition) is 2. The molecule has 0 aliphatic heterocycles. The van der Waals surface area contributed by atoms with Crippen molar-refractivity contribution in [2.45, 2.75) is 19.3 Å². The van der Waals surface area contributed by atoms with Crippen LogP contribution in [-0.2, 0) is 5.41 Å². The number of aromatic nitrogens is 1. The van der Waals surface area contributed by atoms with Gasteiger partial charge in [0.2, 0.25) is 0 Å². The molecular formula is C63H44N2O. The molecule has 3 heteroatoms. The van der Waals surface area contributed by atoms with E-state index >= 15 is 0 Å². The van der Waals surface area contributed by atoms with Gasteiger partial charge < -0.3 is 13.9 Å². The van der Waals surface area contributed by atoms with Gasteiger partial charge in [0.1, 0.15) is 11.2 Å². The van der Waals surface area contributed by atoms with E-state index in [0.29, 0.717) is 0 Å². The molecule has 0 saturated heterocycles. The van der Waals surface area contributed by atoms with Crippen LogP contribution in [0.1, 0.15) is 25.0 Å². The molecule has 2 aromatic heterocycles. The molecule has 0 fully saturated rings. The highest BCUT2D eigenvalue weighted by Crippen LogP contribution is 2.55. The topological polar surface area (TPSA) is 21.3 Å². The maximum Gasteiger partial charge on any atom is 0.136 e. The van der Waals surface area contributed by atoms with E-state index in [-0.39, 0.29) is 5.41 Å². The van der Waals surface area contributed by atoms with Crippen LogP contribution in [0.25, 0.3) is 93.9 Å². The maximum absolute atomic E-state index is 6.32. The lowest BCUT2D eigenvalue weighted by atomic mass is 9.82. The van der Waals surface area contributed by atoms with E-state index in [0.717, 1.165) is 55.6 Å². The molecule has 0 saturated carbocycles. The highest BCUT2D eigenvalue weighted by Gasteiger charge is 2.38. The summed E-state index contributed by atoms with van der Waals surface area (Å²) in [5, 5.41) is 4.66. The van der Waals surface area contributed by atoms with Crippen molar-refractivity contribution >= 4 is 60.8 Å². The van der Waals surface area contributed by atoms with Crippen LogP contribution >= 0.6 is 0 Å². The molecule has 3 nitrogen and oxygen atoms in total. The molecule has 0 bridgehead atoms. The third kappa shape index (κ3) is 5.76. The predicted octanol–water partition coefficient (Wildman–Crippen LogP) is 17.5. The van der Waals surface area contributed by atoms with Crippen LogP contribution < -0.4 is 4.90 Å².